The van der Waals surface area contributed by atoms with E-state index in [1.165, 1.54) is 0 Å². The first-order chi connectivity index (χ1) is 39.0. The van der Waals surface area contributed by atoms with Gasteiger partial charge in [-0.1, -0.05) is 6.08 Å². The smallest absolute Gasteiger partial charge is 0.330 e. The van der Waals surface area contributed by atoms with Crippen LogP contribution >= 0.6 is 0 Å². The first kappa shape index (κ1) is 65.1. The summed E-state index contributed by atoms with van der Waals surface area (Å²) in [4.78, 5) is 36.3. The lowest BCUT2D eigenvalue weighted by Gasteiger charge is -2.50. The minimum absolute atomic E-state index is 0.0108. The maximum atomic E-state index is 13.3. The summed E-state index contributed by atoms with van der Waals surface area (Å²) in [6.07, 6.45) is -38.3. The monoisotopic (exact) mass is 1190 g/mol. The van der Waals surface area contributed by atoms with E-state index in [0.717, 1.165) is 6.08 Å². The Labute approximate surface area is 468 Å². The van der Waals surface area contributed by atoms with Crippen LogP contribution in [0.1, 0.15) is 70.6 Å². The van der Waals surface area contributed by atoms with Crippen LogP contribution in [0.2, 0.25) is 0 Å². The number of carbonyl (C=O) groups excluding carboxylic acids is 2. The van der Waals surface area contributed by atoms with Crippen molar-refractivity contribution in [2.45, 2.75) is 242 Å². The van der Waals surface area contributed by atoms with Crippen molar-refractivity contribution in [2.24, 2.45) is 17.8 Å². The van der Waals surface area contributed by atoms with Gasteiger partial charge in [0.1, 0.15) is 123 Å². The van der Waals surface area contributed by atoms with E-state index in [-0.39, 0.29) is 38.0 Å². The highest BCUT2D eigenvalue weighted by Gasteiger charge is 2.58. The molecule has 0 amide bonds. The summed E-state index contributed by atoms with van der Waals surface area (Å²) < 4.78 is 63.6. The Kier molecular flexibility index (Phi) is 22.9. The fraction of sp³-hybridized carbons (Fsp3) is 0.902. The molecule has 0 spiro atoms. The summed E-state index contributed by atoms with van der Waals surface area (Å²) in [5.41, 5.74) is 0. The van der Waals surface area contributed by atoms with Gasteiger partial charge in [-0.25, -0.2) is 4.79 Å². The fourth-order valence-electron chi connectivity index (χ4n) is 12.3. The maximum Gasteiger partial charge on any atom is 0.330 e. The Morgan fingerprint density at radius 3 is 1.61 bits per heavy atom. The van der Waals surface area contributed by atoms with E-state index in [0.29, 0.717) is 32.1 Å². The van der Waals surface area contributed by atoms with E-state index in [4.69, 9.17) is 57.2 Å². The number of aliphatic carboxylic acids is 1. The molecular weight excluding hydrogens is 1110 g/mol. The molecule has 18 N–H and O–H groups in total. The molecule has 3 aliphatic carbocycles. The van der Waals surface area contributed by atoms with Gasteiger partial charge in [0.15, 0.2) is 37.4 Å². The number of hydrogen-bond donors (Lipinski definition) is 17. The fourth-order valence-corrected chi connectivity index (χ4v) is 12.3. The van der Waals surface area contributed by atoms with Crippen molar-refractivity contribution in [3.05, 3.63) is 12.2 Å². The largest absolute Gasteiger partial charge is 0.481 e. The van der Waals surface area contributed by atoms with Gasteiger partial charge in [0.2, 0.25) is 0 Å². The van der Waals surface area contributed by atoms with Crippen LogP contribution in [0.25, 0.3) is 0 Å². The second-order valence-electron chi connectivity index (χ2n) is 22.7. The molecule has 5 saturated heterocycles. The van der Waals surface area contributed by atoms with Crippen molar-refractivity contribution in [3.63, 3.8) is 0 Å². The molecule has 8 fully saturated rings. The van der Waals surface area contributed by atoms with Crippen LogP contribution in [-0.2, 0) is 61.8 Å². The van der Waals surface area contributed by atoms with Crippen LogP contribution in [-0.4, -0.2) is 308 Å². The summed E-state index contributed by atoms with van der Waals surface area (Å²) in [6, 6.07) is 0. The number of carbonyl (C=O) groups is 3. The number of allylic oxidation sites excluding steroid dienone is 1. The zero-order valence-corrected chi connectivity index (χ0v) is 44.5. The normalized spacial score (nSPS) is 48.5. The molecule has 29 atom stereocenters. The summed E-state index contributed by atoms with van der Waals surface area (Å²) >= 11 is 0. The van der Waals surface area contributed by atoms with Crippen molar-refractivity contribution >= 4 is 17.9 Å². The van der Waals surface area contributed by atoms with E-state index in [9.17, 15) is 96.1 Å². The first-order valence-corrected chi connectivity index (χ1v) is 27.9. The number of rotatable bonds is 19. The van der Waals surface area contributed by atoms with E-state index in [2.05, 4.69) is 0 Å². The van der Waals surface area contributed by atoms with Gasteiger partial charge >= 0.3 is 17.9 Å². The lowest BCUT2D eigenvalue weighted by molar-refractivity contribution is -0.390. The zero-order chi connectivity index (χ0) is 59.4. The number of ether oxygens (including phenoxy) is 11. The molecule has 82 heavy (non-hydrogen) atoms. The topological polar surface area (TPSA) is 500 Å². The summed E-state index contributed by atoms with van der Waals surface area (Å²) in [5, 5.41) is 180. The van der Waals surface area contributed by atoms with Crippen LogP contribution in [0.5, 0.6) is 0 Å². The predicted octanol–water partition coefficient (Wildman–Crippen LogP) is -8.35. The van der Waals surface area contributed by atoms with Crippen molar-refractivity contribution < 1.29 is 153 Å². The Hall–Kier alpha value is -2.85. The second kappa shape index (κ2) is 28.8. The van der Waals surface area contributed by atoms with Crippen LogP contribution in [0.15, 0.2) is 12.2 Å². The SMILES string of the molecule is O=C(O)CC(=O)OCC1OC(OC2CC(O)CC3[OH+]C(C4CCC(O)C(O)C4)C(OC4OC(COC(=O)C=CC5CCC(OC6OC(CO)C(O)C(O)C6O)CC5)C(O)C(O)C4OC4OC(CO)C(O)C(O)C4O)CC23)C(O)C(O)C1O. The quantitative estimate of drug-likeness (QED) is 0.0247. The molecule has 5 aliphatic heterocycles. The Morgan fingerprint density at radius 2 is 1.02 bits per heavy atom. The number of carboxylic acids is 1. The van der Waals surface area contributed by atoms with Gasteiger partial charge < -0.3 is 139 Å². The Bertz CT molecular complexity index is 2080. The third-order valence-corrected chi connectivity index (χ3v) is 17.1. The van der Waals surface area contributed by atoms with E-state index >= 15 is 0 Å². The van der Waals surface area contributed by atoms with Crippen LogP contribution in [0, 0.1) is 17.8 Å². The standard InChI is InChI=1S/C51H80O31/c52-14-28-35(61)39(65)43(69)48(78-28)74-21-5-1-18(2-6-21)3-8-33(59)72-16-31-38(64)42(68)47(82-50-45(71)40(66)36(62)29(15-53)79-50)51(81-31)77-27-12-22-25(75-46(27)19-4-7-23(55)24(56)9-19)10-20(54)11-26(22)76-49-44(70)41(67)37(63)30(80-49)17-73-34(60)13-32(57)58/h3,8,18-31,35-56,61-71H,1-2,4-7,9-17H2,(H,57,58)/p+1. The molecule has 0 bridgehead atoms. The van der Waals surface area contributed by atoms with E-state index in [1.54, 1.807) is 6.08 Å². The molecule has 0 radical (unpaired) electrons. The molecule has 8 rings (SSSR count). The maximum absolute atomic E-state index is 13.3. The van der Waals surface area contributed by atoms with Gasteiger partial charge in [0, 0.05) is 24.8 Å². The molecule has 29 unspecified atom stereocenters. The van der Waals surface area contributed by atoms with Gasteiger partial charge in [0.05, 0.1) is 49.7 Å². The number of aliphatic hydroxyl groups excluding tert-OH is 16. The number of fused-ring (bicyclic) bond motifs is 1. The van der Waals surface area contributed by atoms with Gasteiger partial charge in [-0.15, -0.1) is 0 Å². The third kappa shape index (κ3) is 15.3. The van der Waals surface area contributed by atoms with Gasteiger partial charge in [-0.2, -0.15) is 0 Å². The average molecular weight is 1190 g/mol. The van der Waals surface area contributed by atoms with Crippen LogP contribution in [0.3, 0.4) is 0 Å². The van der Waals surface area contributed by atoms with Crippen molar-refractivity contribution in [1.29, 1.82) is 0 Å². The Balaban J connectivity index is 0.990. The van der Waals surface area contributed by atoms with E-state index < -0.39 is 234 Å². The average Bonchev–Trinajstić information content (AvgIpc) is 3.45. The molecule has 0 aromatic heterocycles. The summed E-state index contributed by atoms with van der Waals surface area (Å²) in [5.74, 6) is -5.00. The molecule has 5 heterocycles. The van der Waals surface area contributed by atoms with Crippen LogP contribution < -0.4 is 0 Å². The predicted molar refractivity (Wildman–Crippen MR) is 262 cm³/mol. The Morgan fingerprint density at radius 1 is 0.500 bits per heavy atom. The van der Waals surface area contributed by atoms with Crippen molar-refractivity contribution in [2.75, 3.05) is 26.4 Å². The molecule has 31 heteroatoms. The highest BCUT2D eigenvalue weighted by molar-refractivity contribution is 5.90. The van der Waals surface area contributed by atoms with Gasteiger partial charge in [-0.05, 0) is 57.3 Å². The molecule has 3 saturated carbocycles. The highest BCUT2D eigenvalue weighted by atomic mass is 16.8. The lowest BCUT2D eigenvalue weighted by atomic mass is 9.72. The third-order valence-electron chi connectivity index (χ3n) is 17.1. The van der Waals surface area contributed by atoms with Crippen LogP contribution in [0.4, 0.5) is 0 Å². The zero-order valence-electron chi connectivity index (χ0n) is 44.5. The number of hydrogen-bond acceptors (Lipinski definition) is 29. The molecular formula is C51H81O31+. The van der Waals surface area contributed by atoms with Gasteiger partial charge in [0.25, 0.3) is 0 Å². The molecule has 470 valence electrons. The number of esters is 2. The highest BCUT2D eigenvalue weighted by Crippen LogP contribution is 2.45. The lowest BCUT2D eigenvalue weighted by Crippen LogP contribution is -2.66. The summed E-state index contributed by atoms with van der Waals surface area (Å²) in [7, 11) is 0. The molecule has 8 aliphatic rings. The molecule has 0 aromatic rings. The minimum Gasteiger partial charge on any atom is -0.481 e. The molecule has 31 nitrogen and oxygen atoms in total. The second-order valence-corrected chi connectivity index (χ2v) is 22.7. The van der Waals surface area contributed by atoms with E-state index in [1.807, 2.05) is 0 Å². The molecule has 0 aromatic carbocycles. The van der Waals surface area contributed by atoms with Crippen molar-refractivity contribution in [1.82, 2.24) is 0 Å². The summed E-state index contributed by atoms with van der Waals surface area (Å²) in [6.45, 7) is -2.95. The number of aliphatic hydroxyl groups is 18. The number of carboxylic acid groups (broad SMARTS) is 1. The van der Waals surface area contributed by atoms with Crippen molar-refractivity contribution in [3.8, 4) is 0 Å². The first-order valence-electron chi connectivity index (χ1n) is 27.9. The minimum atomic E-state index is -2.03. The van der Waals surface area contributed by atoms with Gasteiger partial charge in [-0.3, -0.25) is 9.59 Å².